The summed E-state index contributed by atoms with van der Waals surface area (Å²) in [4.78, 5) is 0. The Morgan fingerprint density at radius 1 is 1.24 bits per heavy atom. The first-order valence-corrected chi connectivity index (χ1v) is 8.18. The van der Waals surface area contributed by atoms with E-state index in [-0.39, 0.29) is 18.3 Å². The second-order valence-electron chi connectivity index (χ2n) is 6.64. The molecule has 2 heterocycles. The van der Waals surface area contributed by atoms with Crippen molar-refractivity contribution in [2.24, 2.45) is 0 Å². The van der Waals surface area contributed by atoms with Crippen molar-refractivity contribution in [3.63, 3.8) is 0 Å². The molecule has 0 radical (unpaired) electrons. The summed E-state index contributed by atoms with van der Waals surface area (Å²) in [6.07, 6.45) is 5.40. The number of hydrogen-bond donors (Lipinski definition) is 1. The fraction of sp³-hybridized carbons (Fsp3) is 0.765. The first-order valence-electron chi connectivity index (χ1n) is 8.18. The van der Waals surface area contributed by atoms with Crippen LogP contribution in [0.2, 0.25) is 0 Å². The normalized spacial score (nSPS) is 29.8. The summed E-state index contributed by atoms with van der Waals surface area (Å²) in [5.74, 6) is 1.99. The van der Waals surface area contributed by atoms with Crippen LogP contribution < -0.4 is 5.32 Å². The topological polar surface area (TPSA) is 43.6 Å². The number of nitrogens with one attached hydrogen (secondary N) is 1. The summed E-state index contributed by atoms with van der Waals surface area (Å²) >= 11 is 0. The molecule has 1 N–H and O–H groups in total. The molecule has 2 unspecified atom stereocenters. The molecule has 0 bridgehead atoms. The van der Waals surface area contributed by atoms with Gasteiger partial charge in [-0.2, -0.15) is 0 Å². The Morgan fingerprint density at radius 3 is 2.62 bits per heavy atom. The zero-order chi connectivity index (χ0) is 14.8. The van der Waals surface area contributed by atoms with Crippen LogP contribution in [0.3, 0.4) is 0 Å². The summed E-state index contributed by atoms with van der Waals surface area (Å²) in [6, 6.07) is 2.82. The van der Waals surface area contributed by atoms with Crippen molar-refractivity contribution in [2.45, 2.75) is 84.0 Å². The maximum Gasteiger partial charge on any atom is 0.130 e. The fourth-order valence-corrected chi connectivity index (χ4v) is 3.04. The van der Waals surface area contributed by atoms with Crippen LogP contribution in [0, 0.1) is 6.92 Å². The molecule has 0 aromatic carbocycles. The van der Waals surface area contributed by atoms with E-state index >= 15 is 0 Å². The molecule has 2 fully saturated rings. The van der Waals surface area contributed by atoms with Crippen LogP contribution in [-0.4, -0.2) is 24.4 Å². The van der Waals surface area contributed by atoms with Gasteiger partial charge in [-0.1, -0.05) is 0 Å². The monoisotopic (exact) mass is 293 g/mol. The lowest BCUT2D eigenvalue weighted by Gasteiger charge is -2.31. The fourth-order valence-electron chi connectivity index (χ4n) is 3.04. The Morgan fingerprint density at radius 2 is 1.95 bits per heavy atom. The van der Waals surface area contributed by atoms with Crippen LogP contribution in [-0.2, 0) is 22.6 Å². The second-order valence-corrected chi connectivity index (χ2v) is 6.64. The highest BCUT2D eigenvalue weighted by atomic mass is 16.5. The number of ether oxygens (including phenoxy) is 2. The van der Waals surface area contributed by atoms with Gasteiger partial charge in [0, 0.05) is 6.04 Å². The lowest BCUT2D eigenvalue weighted by molar-refractivity contribution is -0.108. The van der Waals surface area contributed by atoms with E-state index in [0.29, 0.717) is 12.6 Å². The van der Waals surface area contributed by atoms with Gasteiger partial charge in [-0.25, -0.2) is 0 Å². The molecule has 1 saturated carbocycles. The molecule has 1 aromatic rings. The molecule has 3 rings (SSSR count). The minimum Gasteiger partial charge on any atom is -0.462 e. The predicted molar refractivity (Wildman–Crippen MR) is 81.1 cm³/mol. The van der Waals surface area contributed by atoms with E-state index in [0.717, 1.165) is 30.9 Å². The lowest BCUT2D eigenvalue weighted by atomic mass is 10.0. The van der Waals surface area contributed by atoms with E-state index in [2.05, 4.69) is 32.2 Å². The average Bonchev–Trinajstić information content (AvgIpc) is 3.17. The molecule has 4 nitrogen and oxygen atoms in total. The second kappa shape index (κ2) is 6.51. The number of aryl methyl sites for hydroxylation is 1. The average molecular weight is 293 g/mol. The van der Waals surface area contributed by atoms with Gasteiger partial charge in [-0.3, -0.25) is 0 Å². The Bertz CT molecular complexity index is 457. The van der Waals surface area contributed by atoms with E-state index in [1.807, 2.05) is 0 Å². The minimum absolute atomic E-state index is 0.280. The number of hydrogen-bond acceptors (Lipinski definition) is 4. The summed E-state index contributed by atoms with van der Waals surface area (Å²) < 4.78 is 17.7. The van der Waals surface area contributed by atoms with Crippen molar-refractivity contribution in [1.82, 2.24) is 5.32 Å². The molecule has 1 saturated heterocycles. The third kappa shape index (κ3) is 4.31. The Hall–Kier alpha value is -0.840. The molecular formula is C17H27NO3. The summed E-state index contributed by atoms with van der Waals surface area (Å²) in [5, 5.41) is 3.49. The Labute approximate surface area is 127 Å². The highest BCUT2D eigenvalue weighted by molar-refractivity contribution is 5.19. The van der Waals surface area contributed by atoms with Crippen molar-refractivity contribution >= 4 is 0 Å². The van der Waals surface area contributed by atoms with Crippen LogP contribution in [0.1, 0.15) is 56.6 Å². The molecule has 0 amide bonds. The third-order valence-electron chi connectivity index (χ3n) is 4.32. The van der Waals surface area contributed by atoms with Gasteiger partial charge in [-0.05, 0) is 58.1 Å². The predicted octanol–water partition coefficient (Wildman–Crippen LogP) is 3.31. The molecule has 118 valence electrons. The van der Waals surface area contributed by atoms with Crippen molar-refractivity contribution in [3.8, 4) is 0 Å². The molecular weight excluding hydrogens is 266 g/mol. The zero-order valence-corrected chi connectivity index (χ0v) is 13.4. The summed E-state index contributed by atoms with van der Waals surface area (Å²) in [7, 11) is 0. The number of furan rings is 1. The van der Waals surface area contributed by atoms with E-state index in [1.54, 1.807) is 0 Å². The van der Waals surface area contributed by atoms with Crippen molar-refractivity contribution < 1.29 is 13.9 Å². The number of rotatable bonds is 6. The maximum absolute atomic E-state index is 6.02. The van der Waals surface area contributed by atoms with Crippen LogP contribution in [0.4, 0.5) is 0 Å². The van der Waals surface area contributed by atoms with Gasteiger partial charge >= 0.3 is 0 Å². The molecule has 1 aliphatic heterocycles. The molecule has 1 aromatic heterocycles. The Kier molecular flexibility index (Phi) is 4.67. The highest BCUT2D eigenvalue weighted by Crippen LogP contribution is 2.24. The molecule has 2 aliphatic rings. The highest BCUT2D eigenvalue weighted by Gasteiger charge is 2.25. The molecule has 4 heteroatoms. The quantitative estimate of drug-likeness (QED) is 0.874. The first kappa shape index (κ1) is 15.1. The van der Waals surface area contributed by atoms with Crippen LogP contribution in [0.25, 0.3) is 0 Å². The SMILES string of the molecule is Cc1cc(COC2CC(C)OC(C)C2)oc1CNC1CC1. The van der Waals surface area contributed by atoms with Crippen LogP contribution >= 0.6 is 0 Å². The zero-order valence-electron chi connectivity index (χ0n) is 13.4. The van der Waals surface area contributed by atoms with E-state index in [9.17, 15) is 0 Å². The van der Waals surface area contributed by atoms with Crippen LogP contribution in [0.15, 0.2) is 10.5 Å². The van der Waals surface area contributed by atoms with Crippen molar-refractivity contribution in [2.75, 3.05) is 0 Å². The first-order chi connectivity index (χ1) is 10.1. The standard InChI is InChI=1S/C17H27NO3/c1-11-6-16(21-17(11)9-18-14-4-5-14)10-19-15-7-12(2)20-13(3)8-15/h6,12-15,18H,4-5,7-10H2,1-3H3. The van der Waals surface area contributed by atoms with E-state index in [1.165, 1.54) is 18.4 Å². The molecule has 21 heavy (non-hydrogen) atoms. The van der Waals surface area contributed by atoms with Crippen molar-refractivity contribution in [1.29, 1.82) is 0 Å². The van der Waals surface area contributed by atoms with Crippen molar-refractivity contribution in [3.05, 3.63) is 23.2 Å². The van der Waals surface area contributed by atoms with Gasteiger partial charge < -0.3 is 19.2 Å². The minimum atomic E-state index is 0.280. The van der Waals surface area contributed by atoms with Gasteiger partial charge in [0.25, 0.3) is 0 Å². The lowest BCUT2D eigenvalue weighted by Crippen LogP contribution is -2.33. The summed E-state index contributed by atoms with van der Waals surface area (Å²) in [6.45, 7) is 7.74. The molecule has 2 atom stereocenters. The van der Waals surface area contributed by atoms with E-state index in [4.69, 9.17) is 13.9 Å². The van der Waals surface area contributed by atoms with Crippen LogP contribution in [0.5, 0.6) is 0 Å². The van der Waals surface area contributed by atoms with Gasteiger partial charge in [0.2, 0.25) is 0 Å². The maximum atomic E-state index is 6.02. The third-order valence-corrected chi connectivity index (χ3v) is 4.32. The largest absolute Gasteiger partial charge is 0.462 e. The van der Waals surface area contributed by atoms with Gasteiger partial charge in [0.15, 0.2) is 0 Å². The van der Waals surface area contributed by atoms with E-state index < -0.39 is 0 Å². The van der Waals surface area contributed by atoms with Gasteiger partial charge in [0.1, 0.15) is 18.1 Å². The van der Waals surface area contributed by atoms with Gasteiger partial charge in [-0.15, -0.1) is 0 Å². The van der Waals surface area contributed by atoms with Gasteiger partial charge in [0.05, 0.1) is 24.9 Å². The molecule has 0 spiro atoms. The Balaban J connectivity index is 1.49. The summed E-state index contributed by atoms with van der Waals surface area (Å²) in [5.41, 5.74) is 1.22. The smallest absolute Gasteiger partial charge is 0.130 e. The molecule has 1 aliphatic carbocycles.